The van der Waals surface area contributed by atoms with E-state index in [1.165, 1.54) is 5.56 Å². The first kappa shape index (κ1) is 25.5. The first-order chi connectivity index (χ1) is 16.1. The second-order valence-corrected chi connectivity index (χ2v) is 12.5. The number of likely N-dealkylation sites (N-methyl/N-ethyl adjacent to an activating group) is 1. The summed E-state index contributed by atoms with van der Waals surface area (Å²) in [5.41, 5.74) is 2.06. The van der Waals surface area contributed by atoms with Gasteiger partial charge in [0.2, 0.25) is 17.7 Å². The Kier molecular flexibility index (Phi) is 7.64. The van der Waals surface area contributed by atoms with Crippen LogP contribution in [0.15, 0.2) is 22.7 Å². The number of amides is 3. The highest BCUT2D eigenvalue weighted by atomic mass is 79.9. The molecular weight excluding hydrogens is 516 g/mol. The van der Waals surface area contributed by atoms with Crippen LogP contribution in [0.1, 0.15) is 63.6 Å². The molecule has 4 rings (SSSR count). The number of rotatable bonds is 5. The molecule has 0 radical (unpaired) electrons. The molecule has 1 aliphatic carbocycles. The Morgan fingerprint density at radius 2 is 1.97 bits per heavy atom. The molecule has 5 atom stereocenters. The molecule has 0 bridgehead atoms. The predicted molar refractivity (Wildman–Crippen MR) is 138 cm³/mol. The maximum atomic E-state index is 13.8. The molecule has 0 aromatic heterocycles. The molecule has 1 aromatic rings. The maximum Gasteiger partial charge on any atom is 0.246 e. The summed E-state index contributed by atoms with van der Waals surface area (Å²) in [5.74, 6) is 0.318. The molecule has 2 heterocycles. The van der Waals surface area contributed by atoms with Gasteiger partial charge < -0.3 is 20.9 Å². The van der Waals surface area contributed by atoms with Crippen LogP contribution in [0.5, 0.6) is 0 Å². The molecule has 0 unspecified atom stereocenters. The van der Waals surface area contributed by atoms with E-state index in [9.17, 15) is 14.4 Å². The smallest absolute Gasteiger partial charge is 0.246 e. The first-order valence-electron chi connectivity index (χ1n) is 12.1. The van der Waals surface area contributed by atoms with E-state index in [0.29, 0.717) is 6.42 Å². The topological polar surface area (TPSA) is 90.5 Å². The van der Waals surface area contributed by atoms with Crippen LogP contribution < -0.4 is 16.0 Å². The van der Waals surface area contributed by atoms with Crippen molar-refractivity contribution in [3.63, 3.8) is 0 Å². The van der Waals surface area contributed by atoms with Gasteiger partial charge in [-0.05, 0) is 80.5 Å². The molecule has 186 valence electrons. The van der Waals surface area contributed by atoms with Crippen molar-refractivity contribution >= 4 is 45.4 Å². The van der Waals surface area contributed by atoms with E-state index >= 15 is 0 Å². The van der Waals surface area contributed by atoms with Gasteiger partial charge >= 0.3 is 0 Å². The number of carbonyl (C=O) groups excluding carboxylic acids is 3. The molecular formula is C25H35BrN4O3S. The molecule has 3 aliphatic rings. The Balaban J connectivity index is 1.56. The predicted octanol–water partition coefficient (Wildman–Crippen LogP) is 3.13. The third-order valence-electron chi connectivity index (χ3n) is 7.43. The molecule has 34 heavy (non-hydrogen) atoms. The quantitative estimate of drug-likeness (QED) is 0.524. The average molecular weight is 552 g/mol. The van der Waals surface area contributed by atoms with E-state index in [-0.39, 0.29) is 40.6 Å². The Morgan fingerprint density at radius 1 is 1.21 bits per heavy atom. The Morgan fingerprint density at radius 3 is 2.71 bits per heavy atom. The summed E-state index contributed by atoms with van der Waals surface area (Å²) in [6.07, 6.45) is 4.23. The van der Waals surface area contributed by atoms with E-state index in [4.69, 9.17) is 0 Å². The summed E-state index contributed by atoms with van der Waals surface area (Å²) in [7, 11) is 1.72. The third-order valence-corrected chi connectivity index (χ3v) is 9.17. The van der Waals surface area contributed by atoms with Crippen LogP contribution in [0.4, 0.5) is 0 Å². The average Bonchev–Trinajstić information content (AvgIpc) is 2.98. The van der Waals surface area contributed by atoms with Gasteiger partial charge in [-0.2, -0.15) is 0 Å². The van der Waals surface area contributed by atoms with Gasteiger partial charge in [-0.25, -0.2) is 0 Å². The molecule has 1 aromatic carbocycles. The highest BCUT2D eigenvalue weighted by Gasteiger charge is 2.54. The fraction of sp³-hybridized carbons (Fsp3) is 0.640. The zero-order valence-corrected chi connectivity index (χ0v) is 22.7. The Hall–Kier alpha value is -1.58. The lowest BCUT2D eigenvalue weighted by atomic mass is 9.83. The fourth-order valence-electron chi connectivity index (χ4n) is 5.46. The molecule has 2 fully saturated rings. The van der Waals surface area contributed by atoms with Gasteiger partial charge in [-0.3, -0.25) is 14.4 Å². The molecule has 0 saturated carbocycles. The first-order valence-corrected chi connectivity index (χ1v) is 14.0. The van der Waals surface area contributed by atoms with Gasteiger partial charge in [0, 0.05) is 4.47 Å². The van der Waals surface area contributed by atoms with Crippen LogP contribution in [0.25, 0.3) is 0 Å². The number of hydrogen-bond donors (Lipinski definition) is 3. The number of hydrogen-bond acceptors (Lipinski definition) is 5. The van der Waals surface area contributed by atoms with Crippen LogP contribution in [-0.2, 0) is 20.8 Å². The second kappa shape index (κ2) is 10.2. The number of carbonyl (C=O) groups is 3. The number of halogens is 1. The van der Waals surface area contributed by atoms with Crippen LogP contribution >= 0.6 is 27.7 Å². The Bertz CT molecular complexity index is 971. The van der Waals surface area contributed by atoms with E-state index in [0.717, 1.165) is 41.5 Å². The number of benzene rings is 1. The SMILES string of the molecule is CN[C@@H](C)C(=O)N[C@H]1CCS[C@H]2CC(C)(C)[C@@H](C(=O)N[C@@H]3CCCc4cc(Br)ccc43)N2C1=O. The number of fused-ring (bicyclic) bond motifs is 2. The van der Waals surface area contributed by atoms with Crippen molar-refractivity contribution in [1.29, 1.82) is 0 Å². The van der Waals surface area contributed by atoms with E-state index in [2.05, 4.69) is 57.9 Å². The van der Waals surface area contributed by atoms with Crippen LogP contribution in [0.2, 0.25) is 0 Å². The standard InChI is InChI=1S/C25H35BrN4O3S/c1-14(27-4)22(31)29-19-10-11-34-20-13-25(2,3)21(30(20)24(19)33)23(32)28-18-7-5-6-15-12-16(26)8-9-17(15)18/h8-9,12,14,18-21,27H,5-7,10-11,13H2,1-4H3,(H,28,32)(H,29,31)/t14-,18+,19-,20-,21+/m0/s1. The molecule has 0 spiro atoms. The summed E-state index contributed by atoms with van der Waals surface area (Å²) in [5, 5.41) is 9.07. The van der Waals surface area contributed by atoms with Crippen molar-refractivity contribution in [1.82, 2.24) is 20.9 Å². The van der Waals surface area contributed by atoms with Gasteiger partial charge in [-0.15, -0.1) is 11.8 Å². The number of nitrogens with one attached hydrogen (secondary N) is 3. The molecule has 3 N–H and O–H groups in total. The lowest BCUT2D eigenvalue weighted by molar-refractivity contribution is -0.144. The second-order valence-electron chi connectivity index (χ2n) is 10.3. The lowest BCUT2D eigenvalue weighted by Crippen LogP contribution is -2.58. The highest BCUT2D eigenvalue weighted by molar-refractivity contribution is 9.10. The molecule has 2 saturated heterocycles. The van der Waals surface area contributed by atoms with Gasteiger partial charge in [0.25, 0.3) is 0 Å². The number of thioether (sulfide) groups is 1. The summed E-state index contributed by atoms with van der Waals surface area (Å²) >= 11 is 5.27. The van der Waals surface area contributed by atoms with E-state index in [1.807, 2.05) is 6.07 Å². The van der Waals surface area contributed by atoms with Crippen LogP contribution in [-0.4, -0.2) is 58.9 Å². The normalized spacial score (nSPS) is 29.0. The van der Waals surface area contributed by atoms with Gasteiger partial charge in [0.05, 0.1) is 17.5 Å². The lowest BCUT2D eigenvalue weighted by Gasteiger charge is -2.36. The molecule has 7 nitrogen and oxygen atoms in total. The minimum Gasteiger partial charge on any atom is -0.347 e. The minimum absolute atomic E-state index is 0.0547. The number of nitrogens with zero attached hydrogens (tertiary/aromatic N) is 1. The van der Waals surface area contributed by atoms with Gasteiger partial charge in [-0.1, -0.05) is 35.8 Å². The maximum absolute atomic E-state index is 13.8. The van der Waals surface area contributed by atoms with E-state index < -0.39 is 12.1 Å². The summed E-state index contributed by atoms with van der Waals surface area (Å²) < 4.78 is 1.05. The molecule has 3 amide bonds. The van der Waals surface area contributed by atoms with Crippen molar-refractivity contribution in [2.75, 3.05) is 12.8 Å². The third kappa shape index (κ3) is 5.02. The van der Waals surface area contributed by atoms with Crippen molar-refractivity contribution in [2.24, 2.45) is 5.41 Å². The summed E-state index contributed by atoms with van der Waals surface area (Å²) in [6, 6.07) is 4.62. The van der Waals surface area contributed by atoms with Crippen molar-refractivity contribution in [2.45, 2.75) is 82.4 Å². The largest absolute Gasteiger partial charge is 0.347 e. The van der Waals surface area contributed by atoms with Crippen molar-refractivity contribution < 1.29 is 14.4 Å². The number of aryl methyl sites for hydroxylation is 1. The monoisotopic (exact) mass is 550 g/mol. The zero-order chi connectivity index (χ0) is 24.6. The zero-order valence-electron chi connectivity index (χ0n) is 20.3. The van der Waals surface area contributed by atoms with E-state index in [1.54, 1.807) is 30.6 Å². The summed E-state index contributed by atoms with van der Waals surface area (Å²) in [6.45, 7) is 5.91. The van der Waals surface area contributed by atoms with Gasteiger partial charge in [0.1, 0.15) is 12.1 Å². The molecule has 2 aliphatic heterocycles. The molecule has 9 heteroatoms. The summed E-state index contributed by atoms with van der Waals surface area (Å²) in [4.78, 5) is 41.8. The van der Waals surface area contributed by atoms with Crippen LogP contribution in [0.3, 0.4) is 0 Å². The Labute approximate surface area is 214 Å². The van der Waals surface area contributed by atoms with Crippen LogP contribution in [0, 0.1) is 5.41 Å². The highest BCUT2D eigenvalue weighted by Crippen LogP contribution is 2.46. The van der Waals surface area contributed by atoms with Crippen molar-refractivity contribution in [3.8, 4) is 0 Å². The van der Waals surface area contributed by atoms with Crippen molar-refractivity contribution in [3.05, 3.63) is 33.8 Å². The minimum atomic E-state index is -0.613. The fourth-order valence-corrected chi connectivity index (χ4v) is 7.45. The van der Waals surface area contributed by atoms with Gasteiger partial charge in [0.15, 0.2) is 0 Å².